The van der Waals surface area contributed by atoms with Crippen LogP contribution in [0.2, 0.25) is 0 Å². The maximum absolute atomic E-state index is 12.8. The molecule has 8 nitrogen and oxygen atoms in total. The van der Waals surface area contributed by atoms with Gasteiger partial charge in [-0.2, -0.15) is 0 Å². The van der Waals surface area contributed by atoms with Gasteiger partial charge in [-0.3, -0.25) is 14.6 Å². The number of hydrogen-bond donors (Lipinski definition) is 0. The monoisotopic (exact) mass is 390 g/mol. The van der Waals surface area contributed by atoms with Gasteiger partial charge in [0.2, 0.25) is 0 Å². The Kier molecular flexibility index (Phi) is 8.22. The Balaban J connectivity index is 2.04. The number of nitrogens with zero attached hydrogens (tertiary/aromatic N) is 4. The Morgan fingerprint density at radius 3 is 2.11 bits per heavy atom. The second-order valence-corrected chi connectivity index (χ2v) is 6.73. The number of piperazine rings is 1. The molecule has 1 fully saturated rings. The Bertz CT molecular complexity index is 681. The predicted molar refractivity (Wildman–Crippen MR) is 105 cm³/mol. The van der Waals surface area contributed by atoms with E-state index in [1.165, 1.54) is 12.4 Å². The average molecular weight is 390 g/mol. The molecule has 0 aromatic carbocycles. The van der Waals surface area contributed by atoms with Crippen molar-refractivity contribution in [1.82, 2.24) is 19.7 Å². The van der Waals surface area contributed by atoms with Crippen molar-refractivity contribution in [3.8, 4) is 0 Å². The van der Waals surface area contributed by atoms with Crippen molar-refractivity contribution in [3.63, 3.8) is 0 Å². The molecule has 3 amide bonds. The van der Waals surface area contributed by atoms with Crippen molar-refractivity contribution in [3.05, 3.63) is 29.6 Å². The van der Waals surface area contributed by atoms with Gasteiger partial charge < -0.3 is 19.4 Å². The minimum atomic E-state index is -0.351. The zero-order valence-electron chi connectivity index (χ0n) is 17.0. The van der Waals surface area contributed by atoms with Gasteiger partial charge in [0.1, 0.15) is 0 Å². The normalized spacial score (nSPS) is 14.0. The molecule has 1 aliphatic rings. The Morgan fingerprint density at radius 2 is 1.54 bits per heavy atom. The Morgan fingerprint density at radius 1 is 0.964 bits per heavy atom. The van der Waals surface area contributed by atoms with E-state index in [1.807, 2.05) is 13.8 Å². The quantitative estimate of drug-likeness (QED) is 0.713. The van der Waals surface area contributed by atoms with Gasteiger partial charge in [0.05, 0.1) is 17.7 Å². The number of amides is 3. The number of carbonyl (C=O) groups excluding carboxylic acids is 3. The molecule has 154 valence electrons. The molecular formula is C20H30N4O4. The summed E-state index contributed by atoms with van der Waals surface area (Å²) in [5, 5.41) is 0. The molecular weight excluding hydrogens is 360 g/mol. The molecule has 0 bridgehead atoms. The molecule has 0 radical (unpaired) electrons. The first kappa shape index (κ1) is 21.7. The lowest BCUT2D eigenvalue weighted by Gasteiger charge is -2.34. The number of ether oxygens (including phenoxy) is 1. The van der Waals surface area contributed by atoms with Crippen LogP contribution < -0.4 is 0 Å². The fraction of sp³-hybridized carbons (Fsp3) is 0.600. The molecule has 1 aromatic heterocycles. The number of hydrogen-bond acceptors (Lipinski definition) is 5. The topological polar surface area (TPSA) is 83.1 Å². The van der Waals surface area contributed by atoms with Gasteiger partial charge in [0, 0.05) is 51.7 Å². The Labute approximate surface area is 166 Å². The summed E-state index contributed by atoms with van der Waals surface area (Å²) in [6.07, 6.45) is 4.40. The van der Waals surface area contributed by atoms with Gasteiger partial charge in [0.15, 0.2) is 0 Å². The average Bonchev–Trinajstić information content (AvgIpc) is 2.73. The molecule has 0 N–H and O–H groups in total. The first-order chi connectivity index (χ1) is 13.5. The van der Waals surface area contributed by atoms with Crippen LogP contribution >= 0.6 is 0 Å². The first-order valence-corrected chi connectivity index (χ1v) is 9.97. The lowest BCUT2D eigenvalue weighted by atomic mass is 10.1. The third-order valence-electron chi connectivity index (χ3n) is 4.60. The third-order valence-corrected chi connectivity index (χ3v) is 4.60. The highest BCUT2D eigenvalue weighted by Crippen LogP contribution is 2.13. The summed E-state index contributed by atoms with van der Waals surface area (Å²) in [4.78, 5) is 46.5. The Hall–Kier alpha value is -2.64. The van der Waals surface area contributed by atoms with Crippen LogP contribution in [0, 0.1) is 0 Å². The maximum Gasteiger partial charge on any atom is 0.409 e. The van der Waals surface area contributed by atoms with E-state index in [0.717, 1.165) is 12.8 Å². The second-order valence-electron chi connectivity index (χ2n) is 6.73. The molecule has 0 spiro atoms. The van der Waals surface area contributed by atoms with Crippen molar-refractivity contribution in [1.29, 1.82) is 0 Å². The maximum atomic E-state index is 12.8. The van der Waals surface area contributed by atoms with E-state index in [9.17, 15) is 14.4 Å². The van der Waals surface area contributed by atoms with Crippen LogP contribution in [-0.4, -0.2) is 83.5 Å². The number of pyridine rings is 1. The highest BCUT2D eigenvalue weighted by atomic mass is 16.6. The minimum Gasteiger partial charge on any atom is -0.450 e. The summed E-state index contributed by atoms with van der Waals surface area (Å²) in [5.74, 6) is -0.277. The molecule has 0 saturated carbocycles. The minimum absolute atomic E-state index is 0.0991. The van der Waals surface area contributed by atoms with Crippen molar-refractivity contribution < 1.29 is 19.1 Å². The van der Waals surface area contributed by atoms with E-state index in [1.54, 1.807) is 27.7 Å². The zero-order chi connectivity index (χ0) is 20.5. The lowest BCUT2D eigenvalue weighted by molar-refractivity contribution is 0.0570. The molecule has 1 aliphatic heterocycles. The van der Waals surface area contributed by atoms with Crippen LogP contribution in [0.1, 0.15) is 54.3 Å². The van der Waals surface area contributed by atoms with E-state index >= 15 is 0 Å². The van der Waals surface area contributed by atoms with Crippen LogP contribution in [-0.2, 0) is 4.74 Å². The summed E-state index contributed by atoms with van der Waals surface area (Å²) < 4.78 is 5.00. The van der Waals surface area contributed by atoms with E-state index in [0.29, 0.717) is 57.0 Å². The standard InChI is InChI=1S/C20H30N4O4/c1-4-7-22(8-5-2)18(25)16-13-17(15-21-14-16)19(26)23-9-11-24(12-10-23)20(27)28-6-3/h13-15H,4-12H2,1-3H3. The van der Waals surface area contributed by atoms with E-state index in [-0.39, 0.29) is 17.9 Å². The molecule has 0 aliphatic carbocycles. The van der Waals surface area contributed by atoms with Crippen LogP contribution in [0.3, 0.4) is 0 Å². The predicted octanol–water partition coefficient (Wildman–Crippen LogP) is 2.26. The molecule has 2 rings (SSSR count). The summed E-state index contributed by atoms with van der Waals surface area (Å²) >= 11 is 0. The summed E-state index contributed by atoms with van der Waals surface area (Å²) in [6.45, 7) is 9.23. The fourth-order valence-corrected chi connectivity index (χ4v) is 3.20. The van der Waals surface area contributed by atoms with Gasteiger partial charge in [-0.15, -0.1) is 0 Å². The van der Waals surface area contributed by atoms with Crippen LogP contribution in [0.4, 0.5) is 4.79 Å². The van der Waals surface area contributed by atoms with E-state index in [2.05, 4.69) is 4.98 Å². The number of rotatable bonds is 7. The van der Waals surface area contributed by atoms with E-state index < -0.39 is 0 Å². The van der Waals surface area contributed by atoms with Gasteiger partial charge in [-0.05, 0) is 25.8 Å². The molecule has 2 heterocycles. The van der Waals surface area contributed by atoms with Crippen molar-refractivity contribution in [2.45, 2.75) is 33.6 Å². The molecule has 1 saturated heterocycles. The smallest absolute Gasteiger partial charge is 0.409 e. The summed E-state index contributed by atoms with van der Waals surface area (Å²) in [6, 6.07) is 1.62. The molecule has 28 heavy (non-hydrogen) atoms. The highest BCUT2D eigenvalue weighted by Gasteiger charge is 2.26. The van der Waals surface area contributed by atoms with Gasteiger partial charge >= 0.3 is 6.09 Å². The highest BCUT2D eigenvalue weighted by molar-refractivity contribution is 5.99. The van der Waals surface area contributed by atoms with Crippen LogP contribution in [0.5, 0.6) is 0 Å². The van der Waals surface area contributed by atoms with Crippen LogP contribution in [0.25, 0.3) is 0 Å². The number of aromatic nitrogens is 1. The van der Waals surface area contributed by atoms with Crippen molar-refractivity contribution in [2.24, 2.45) is 0 Å². The van der Waals surface area contributed by atoms with Crippen molar-refractivity contribution >= 4 is 17.9 Å². The summed E-state index contributed by atoms with van der Waals surface area (Å²) in [5.41, 5.74) is 0.821. The largest absolute Gasteiger partial charge is 0.450 e. The molecule has 0 unspecified atom stereocenters. The zero-order valence-corrected chi connectivity index (χ0v) is 17.0. The number of carbonyl (C=O) groups is 3. The molecule has 1 aromatic rings. The van der Waals surface area contributed by atoms with Crippen LogP contribution in [0.15, 0.2) is 18.5 Å². The summed E-state index contributed by atoms with van der Waals surface area (Å²) in [7, 11) is 0. The first-order valence-electron chi connectivity index (χ1n) is 9.97. The van der Waals surface area contributed by atoms with Gasteiger partial charge in [0.25, 0.3) is 11.8 Å². The van der Waals surface area contributed by atoms with Gasteiger partial charge in [-0.1, -0.05) is 13.8 Å². The van der Waals surface area contributed by atoms with Gasteiger partial charge in [-0.25, -0.2) is 4.79 Å². The molecule has 8 heteroatoms. The lowest BCUT2D eigenvalue weighted by Crippen LogP contribution is -2.50. The SMILES string of the molecule is CCCN(CCC)C(=O)c1cncc(C(=O)N2CCN(C(=O)OCC)CC2)c1. The fourth-order valence-electron chi connectivity index (χ4n) is 3.20. The molecule has 0 atom stereocenters. The van der Waals surface area contributed by atoms with E-state index in [4.69, 9.17) is 4.74 Å². The third kappa shape index (κ3) is 5.43. The van der Waals surface area contributed by atoms with Crippen molar-refractivity contribution in [2.75, 3.05) is 45.9 Å². The second kappa shape index (κ2) is 10.6.